The van der Waals surface area contributed by atoms with E-state index < -0.39 is 0 Å². The van der Waals surface area contributed by atoms with Crippen LogP contribution in [-0.4, -0.2) is 16.5 Å². The van der Waals surface area contributed by atoms with Gasteiger partial charge >= 0.3 is 0 Å². The normalized spacial score (nSPS) is 10.5. The third-order valence-corrected chi connectivity index (χ3v) is 2.93. The van der Waals surface area contributed by atoms with Gasteiger partial charge in [0.25, 0.3) is 0 Å². The summed E-state index contributed by atoms with van der Waals surface area (Å²) in [6.45, 7) is 0.676. The molecule has 0 saturated carbocycles. The van der Waals surface area contributed by atoms with Crippen LogP contribution in [0, 0.1) is 5.82 Å². The van der Waals surface area contributed by atoms with E-state index in [1.807, 2.05) is 0 Å². The number of H-pyrrole nitrogens is 1. The SMILES string of the molecule is Nc1cc(F)c(Br)cc1NCCc1ncc[nH]1. The summed E-state index contributed by atoms with van der Waals surface area (Å²) in [5, 5.41) is 3.14. The van der Waals surface area contributed by atoms with E-state index in [0.29, 0.717) is 22.4 Å². The Morgan fingerprint density at radius 2 is 2.29 bits per heavy atom. The van der Waals surface area contributed by atoms with Gasteiger partial charge in [0.1, 0.15) is 11.6 Å². The first kappa shape index (κ1) is 11.9. The number of nitrogens with zero attached hydrogens (tertiary/aromatic N) is 1. The smallest absolute Gasteiger partial charge is 0.139 e. The molecule has 1 heterocycles. The van der Waals surface area contributed by atoms with Crippen molar-refractivity contribution in [2.45, 2.75) is 6.42 Å². The van der Waals surface area contributed by atoms with Gasteiger partial charge in [-0.3, -0.25) is 0 Å². The van der Waals surface area contributed by atoms with Crippen molar-refractivity contribution in [3.63, 3.8) is 0 Å². The Kier molecular flexibility index (Phi) is 3.63. The number of nitrogens with one attached hydrogen (secondary N) is 2. The van der Waals surface area contributed by atoms with Crippen LogP contribution in [0.1, 0.15) is 5.82 Å². The number of rotatable bonds is 4. The molecule has 2 rings (SSSR count). The fraction of sp³-hybridized carbons (Fsp3) is 0.182. The molecular formula is C11H12BrFN4. The standard InChI is InChI=1S/C11H12BrFN4/c12-7-5-10(9(14)6-8(7)13)15-2-1-11-16-3-4-17-11/h3-6,15H,1-2,14H2,(H,16,17). The zero-order valence-electron chi connectivity index (χ0n) is 9.00. The summed E-state index contributed by atoms with van der Waals surface area (Å²) in [6.07, 6.45) is 4.23. The van der Waals surface area contributed by atoms with E-state index >= 15 is 0 Å². The summed E-state index contributed by atoms with van der Waals surface area (Å²) in [7, 11) is 0. The van der Waals surface area contributed by atoms with E-state index in [1.54, 1.807) is 18.5 Å². The minimum Gasteiger partial charge on any atom is -0.397 e. The van der Waals surface area contributed by atoms with E-state index in [4.69, 9.17) is 5.73 Å². The van der Waals surface area contributed by atoms with Crippen molar-refractivity contribution in [2.75, 3.05) is 17.6 Å². The lowest BCUT2D eigenvalue weighted by Crippen LogP contribution is -2.08. The summed E-state index contributed by atoms with van der Waals surface area (Å²) in [5.41, 5.74) is 6.81. The Labute approximate surface area is 107 Å². The van der Waals surface area contributed by atoms with Crippen LogP contribution < -0.4 is 11.1 Å². The molecule has 17 heavy (non-hydrogen) atoms. The molecule has 6 heteroatoms. The molecule has 1 aromatic heterocycles. The molecule has 2 aromatic rings. The van der Waals surface area contributed by atoms with E-state index in [2.05, 4.69) is 31.2 Å². The predicted octanol–water partition coefficient (Wildman–Crippen LogP) is 2.55. The molecule has 0 fully saturated rings. The highest BCUT2D eigenvalue weighted by atomic mass is 79.9. The van der Waals surface area contributed by atoms with Crippen LogP contribution in [-0.2, 0) is 6.42 Å². The zero-order chi connectivity index (χ0) is 12.3. The summed E-state index contributed by atoms with van der Waals surface area (Å²) >= 11 is 3.12. The van der Waals surface area contributed by atoms with Gasteiger partial charge in [-0.15, -0.1) is 0 Å². The Balaban J connectivity index is 1.97. The molecule has 0 aliphatic carbocycles. The maximum atomic E-state index is 13.1. The lowest BCUT2D eigenvalue weighted by Gasteiger charge is -2.09. The number of aromatic amines is 1. The molecule has 4 N–H and O–H groups in total. The van der Waals surface area contributed by atoms with Crippen LogP contribution in [0.15, 0.2) is 29.0 Å². The monoisotopic (exact) mass is 298 g/mol. The Hall–Kier alpha value is -1.56. The first-order chi connectivity index (χ1) is 8.16. The molecule has 0 aliphatic heterocycles. The average Bonchev–Trinajstić information content (AvgIpc) is 2.78. The fourth-order valence-electron chi connectivity index (χ4n) is 1.47. The lowest BCUT2D eigenvalue weighted by atomic mass is 10.2. The van der Waals surface area contributed by atoms with Crippen molar-refractivity contribution in [1.82, 2.24) is 9.97 Å². The van der Waals surface area contributed by atoms with E-state index in [-0.39, 0.29) is 5.82 Å². The minimum atomic E-state index is -0.362. The summed E-state index contributed by atoms with van der Waals surface area (Å²) in [6, 6.07) is 2.92. The highest BCUT2D eigenvalue weighted by Crippen LogP contribution is 2.26. The van der Waals surface area contributed by atoms with Crippen LogP contribution in [0.4, 0.5) is 15.8 Å². The zero-order valence-corrected chi connectivity index (χ0v) is 10.6. The first-order valence-corrected chi connectivity index (χ1v) is 5.93. The Bertz CT molecular complexity index is 498. The molecule has 4 nitrogen and oxygen atoms in total. The molecule has 0 saturated heterocycles. The van der Waals surface area contributed by atoms with Crippen molar-refractivity contribution in [1.29, 1.82) is 0 Å². The lowest BCUT2D eigenvalue weighted by molar-refractivity contribution is 0.622. The molecule has 0 atom stereocenters. The third-order valence-electron chi connectivity index (χ3n) is 2.32. The van der Waals surface area contributed by atoms with Crippen LogP contribution in [0.3, 0.4) is 0 Å². The number of halogens is 2. The number of nitrogen functional groups attached to an aromatic ring is 1. The van der Waals surface area contributed by atoms with Gasteiger partial charge in [-0.25, -0.2) is 9.37 Å². The van der Waals surface area contributed by atoms with Gasteiger partial charge < -0.3 is 16.0 Å². The van der Waals surface area contributed by atoms with Gasteiger partial charge in [-0.1, -0.05) is 0 Å². The van der Waals surface area contributed by atoms with Gasteiger partial charge in [0.2, 0.25) is 0 Å². The largest absolute Gasteiger partial charge is 0.397 e. The summed E-state index contributed by atoms with van der Waals surface area (Å²) < 4.78 is 13.5. The second-order valence-electron chi connectivity index (χ2n) is 3.57. The number of aromatic nitrogens is 2. The molecular weight excluding hydrogens is 287 g/mol. The van der Waals surface area contributed by atoms with Crippen LogP contribution in [0.25, 0.3) is 0 Å². The van der Waals surface area contributed by atoms with Gasteiger partial charge in [-0.2, -0.15) is 0 Å². The van der Waals surface area contributed by atoms with Gasteiger partial charge in [-0.05, 0) is 22.0 Å². The molecule has 0 radical (unpaired) electrons. The van der Waals surface area contributed by atoms with Gasteiger partial charge in [0.05, 0.1) is 15.8 Å². The molecule has 0 amide bonds. The van der Waals surface area contributed by atoms with Crippen molar-refractivity contribution >= 4 is 27.3 Å². The maximum absolute atomic E-state index is 13.1. The van der Waals surface area contributed by atoms with Crippen LogP contribution in [0.5, 0.6) is 0 Å². The van der Waals surface area contributed by atoms with E-state index in [0.717, 1.165) is 12.2 Å². The Morgan fingerprint density at radius 1 is 1.47 bits per heavy atom. The second-order valence-corrected chi connectivity index (χ2v) is 4.42. The van der Waals surface area contributed by atoms with Crippen molar-refractivity contribution < 1.29 is 4.39 Å². The number of benzene rings is 1. The van der Waals surface area contributed by atoms with E-state index in [9.17, 15) is 4.39 Å². The molecule has 1 aromatic carbocycles. The fourth-order valence-corrected chi connectivity index (χ4v) is 1.81. The molecule has 0 bridgehead atoms. The quantitative estimate of drug-likeness (QED) is 0.760. The van der Waals surface area contributed by atoms with Crippen LogP contribution >= 0.6 is 15.9 Å². The highest BCUT2D eigenvalue weighted by Gasteiger charge is 2.05. The number of anilines is 2. The summed E-state index contributed by atoms with van der Waals surface area (Å²) in [4.78, 5) is 7.11. The average molecular weight is 299 g/mol. The van der Waals surface area contributed by atoms with Crippen molar-refractivity contribution in [3.8, 4) is 0 Å². The minimum absolute atomic E-state index is 0.362. The van der Waals surface area contributed by atoms with Gasteiger partial charge in [0, 0.05) is 31.4 Å². The molecule has 0 unspecified atom stereocenters. The molecule has 90 valence electrons. The maximum Gasteiger partial charge on any atom is 0.139 e. The number of imidazole rings is 1. The number of hydrogen-bond acceptors (Lipinski definition) is 3. The second kappa shape index (κ2) is 5.18. The highest BCUT2D eigenvalue weighted by molar-refractivity contribution is 9.10. The first-order valence-electron chi connectivity index (χ1n) is 5.13. The number of hydrogen-bond donors (Lipinski definition) is 3. The van der Waals surface area contributed by atoms with Gasteiger partial charge in [0.15, 0.2) is 0 Å². The number of nitrogens with two attached hydrogens (primary N) is 1. The topological polar surface area (TPSA) is 66.7 Å². The Morgan fingerprint density at radius 3 is 3.00 bits per heavy atom. The van der Waals surface area contributed by atoms with E-state index in [1.165, 1.54) is 6.07 Å². The van der Waals surface area contributed by atoms with Crippen molar-refractivity contribution in [3.05, 3.63) is 40.6 Å². The molecule has 0 spiro atoms. The van der Waals surface area contributed by atoms with Crippen molar-refractivity contribution in [2.24, 2.45) is 0 Å². The summed E-state index contributed by atoms with van der Waals surface area (Å²) in [5.74, 6) is 0.538. The molecule has 0 aliphatic rings. The third kappa shape index (κ3) is 2.97. The van der Waals surface area contributed by atoms with Crippen LogP contribution in [0.2, 0.25) is 0 Å². The predicted molar refractivity (Wildman–Crippen MR) is 69.3 cm³/mol.